The highest BCUT2D eigenvalue weighted by atomic mass is 16.5. The van der Waals surface area contributed by atoms with Gasteiger partial charge >= 0.3 is 5.97 Å². The minimum absolute atomic E-state index is 0.269. The molecule has 11 heavy (non-hydrogen) atoms. The van der Waals surface area contributed by atoms with Crippen LogP contribution >= 0.6 is 0 Å². The number of hydrogen-bond donors (Lipinski definition) is 0. The van der Waals surface area contributed by atoms with Crippen LogP contribution in [0.2, 0.25) is 0 Å². The van der Waals surface area contributed by atoms with Crippen LogP contribution in [-0.2, 0) is 14.3 Å². The van der Waals surface area contributed by atoms with Gasteiger partial charge in [-0.2, -0.15) is 0 Å². The van der Waals surface area contributed by atoms with E-state index < -0.39 is 0 Å². The predicted molar refractivity (Wildman–Crippen MR) is 42.0 cm³/mol. The molecule has 0 fully saturated rings. The number of rotatable bonds is 5. The Morgan fingerprint density at radius 2 is 2.09 bits per heavy atom. The van der Waals surface area contributed by atoms with Crippen molar-refractivity contribution in [3.63, 3.8) is 0 Å². The van der Waals surface area contributed by atoms with Crippen LogP contribution in [-0.4, -0.2) is 19.2 Å². The molecule has 0 spiro atoms. The van der Waals surface area contributed by atoms with Crippen molar-refractivity contribution in [2.75, 3.05) is 13.2 Å². The summed E-state index contributed by atoms with van der Waals surface area (Å²) in [6, 6.07) is 0. The zero-order valence-electron chi connectivity index (χ0n) is 7.05. The van der Waals surface area contributed by atoms with Crippen LogP contribution in [0.15, 0.2) is 12.3 Å². The Bertz CT molecular complexity index is 140. The molecule has 0 atom stereocenters. The van der Waals surface area contributed by atoms with E-state index in [0.717, 1.165) is 0 Å². The topological polar surface area (TPSA) is 35.5 Å². The largest absolute Gasteiger partial charge is 0.499 e. The van der Waals surface area contributed by atoms with Gasteiger partial charge < -0.3 is 9.47 Å². The van der Waals surface area contributed by atoms with Gasteiger partial charge in [0.25, 0.3) is 0 Å². The summed E-state index contributed by atoms with van der Waals surface area (Å²) >= 11 is 0. The zero-order valence-corrected chi connectivity index (χ0v) is 7.05. The summed E-state index contributed by atoms with van der Waals surface area (Å²) in [5.41, 5.74) is 0. The van der Waals surface area contributed by atoms with Gasteiger partial charge in [0, 0.05) is 13.3 Å². The number of carbonyl (C=O) groups excluding carboxylic acids is 1. The third kappa shape index (κ3) is 6.90. The maximum atomic E-state index is 10.3. The molecule has 0 saturated heterocycles. The van der Waals surface area contributed by atoms with Gasteiger partial charge in [0.05, 0.1) is 19.0 Å². The first-order valence-electron chi connectivity index (χ1n) is 3.60. The molecule has 0 aromatic heterocycles. The second-order valence-corrected chi connectivity index (χ2v) is 2.06. The van der Waals surface area contributed by atoms with Crippen molar-refractivity contribution in [3.8, 4) is 0 Å². The summed E-state index contributed by atoms with van der Waals surface area (Å²) in [5.74, 6) is 0.392. The van der Waals surface area contributed by atoms with Crippen molar-refractivity contribution < 1.29 is 14.3 Å². The molecule has 0 saturated carbocycles. The Labute approximate surface area is 67.0 Å². The molecule has 0 aliphatic heterocycles. The van der Waals surface area contributed by atoms with Crippen molar-refractivity contribution in [1.82, 2.24) is 0 Å². The molecule has 0 rings (SSSR count). The summed E-state index contributed by atoms with van der Waals surface area (Å²) in [7, 11) is 0. The molecule has 0 bridgehead atoms. The quantitative estimate of drug-likeness (QED) is 0.449. The Kier molecular flexibility index (Phi) is 5.25. The molecule has 0 heterocycles. The van der Waals surface area contributed by atoms with Gasteiger partial charge in [0.15, 0.2) is 0 Å². The Balaban J connectivity index is 3.24. The second-order valence-electron chi connectivity index (χ2n) is 2.06. The first-order chi connectivity index (χ1) is 5.16. The monoisotopic (exact) mass is 158 g/mol. The number of carbonyl (C=O) groups is 1. The first-order valence-corrected chi connectivity index (χ1v) is 3.60. The maximum Gasteiger partial charge on any atom is 0.302 e. The molecule has 0 aliphatic carbocycles. The first kappa shape index (κ1) is 10.0. The Hall–Kier alpha value is -0.990. The third-order valence-corrected chi connectivity index (χ3v) is 1.03. The van der Waals surface area contributed by atoms with Gasteiger partial charge in [-0.05, 0) is 6.92 Å². The molecular formula is C8H14O3. The van der Waals surface area contributed by atoms with E-state index in [1.165, 1.54) is 6.92 Å². The lowest BCUT2D eigenvalue weighted by Gasteiger charge is -2.05. The summed E-state index contributed by atoms with van der Waals surface area (Å²) in [6.45, 7) is 7.86. The lowest BCUT2D eigenvalue weighted by Crippen LogP contribution is -2.02. The average Bonchev–Trinajstić information content (AvgIpc) is 1.87. The molecule has 3 nitrogen and oxygen atoms in total. The van der Waals surface area contributed by atoms with Crippen molar-refractivity contribution in [2.24, 2.45) is 0 Å². The highest BCUT2D eigenvalue weighted by Gasteiger charge is 1.95. The van der Waals surface area contributed by atoms with E-state index in [4.69, 9.17) is 4.74 Å². The molecular weight excluding hydrogens is 144 g/mol. The van der Waals surface area contributed by atoms with Crippen LogP contribution < -0.4 is 0 Å². The van der Waals surface area contributed by atoms with Crippen LogP contribution in [0.5, 0.6) is 0 Å². The smallest absolute Gasteiger partial charge is 0.302 e. The van der Waals surface area contributed by atoms with Crippen LogP contribution in [0.3, 0.4) is 0 Å². The molecule has 0 aliphatic rings. The molecule has 0 N–H and O–H groups in total. The molecule has 0 aromatic rings. The summed E-state index contributed by atoms with van der Waals surface area (Å²) in [4.78, 5) is 10.3. The molecule has 0 unspecified atom stereocenters. The van der Waals surface area contributed by atoms with E-state index in [1.54, 1.807) is 0 Å². The maximum absolute atomic E-state index is 10.3. The van der Waals surface area contributed by atoms with E-state index in [1.807, 2.05) is 6.92 Å². The van der Waals surface area contributed by atoms with E-state index in [2.05, 4.69) is 11.3 Å². The van der Waals surface area contributed by atoms with Gasteiger partial charge in [-0.15, -0.1) is 0 Å². The van der Waals surface area contributed by atoms with E-state index in [-0.39, 0.29) is 5.97 Å². The minimum Gasteiger partial charge on any atom is -0.499 e. The molecule has 0 amide bonds. The van der Waals surface area contributed by atoms with E-state index >= 15 is 0 Å². The SMILES string of the molecule is C=C(CCOC(C)=O)OCC. The molecule has 0 aromatic carbocycles. The molecule has 0 radical (unpaired) electrons. The average molecular weight is 158 g/mol. The fraction of sp³-hybridized carbons (Fsp3) is 0.625. The fourth-order valence-electron chi connectivity index (χ4n) is 0.585. The second kappa shape index (κ2) is 5.77. The van der Waals surface area contributed by atoms with Gasteiger partial charge in [-0.1, -0.05) is 6.58 Å². The lowest BCUT2D eigenvalue weighted by molar-refractivity contribution is -0.140. The van der Waals surface area contributed by atoms with Gasteiger partial charge in [-0.25, -0.2) is 0 Å². The van der Waals surface area contributed by atoms with E-state index in [9.17, 15) is 4.79 Å². The predicted octanol–water partition coefficient (Wildman–Crippen LogP) is 1.49. The van der Waals surface area contributed by atoms with Crippen LogP contribution in [0.4, 0.5) is 0 Å². The van der Waals surface area contributed by atoms with Crippen molar-refractivity contribution >= 4 is 5.97 Å². The van der Waals surface area contributed by atoms with Gasteiger partial charge in [0.1, 0.15) is 0 Å². The number of hydrogen-bond acceptors (Lipinski definition) is 3. The Morgan fingerprint density at radius 1 is 1.45 bits per heavy atom. The lowest BCUT2D eigenvalue weighted by atomic mass is 10.4. The zero-order chi connectivity index (χ0) is 8.69. The van der Waals surface area contributed by atoms with E-state index in [0.29, 0.717) is 25.4 Å². The van der Waals surface area contributed by atoms with Crippen LogP contribution in [0, 0.1) is 0 Å². The fourth-order valence-corrected chi connectivity index (χ4v) is 0.585. The number of ether oxygens (including phenoxy) is 2. The third-order valence-electron chi connectivity index (χ3n) is 1.03. The van der Waals surface area contributed by atoms with Gasteiger partial charge in [0.2, 0.25) is 0 Å². The minimum atomic E-state index is -0.269. The Morgan fingerprint density at radius 3 is 2.55 bits per heavy atom. The summed E-state index contributed by atoms with van der Waals surface area (Å²) in [6.07, 6.45) is 0.577. The van der Waals surface area contributed by atoms with Crippen molar-refractivity contribution in [3.05, 3.63) is 12.3 Å². The highest BCUT2D eigenvalue weighted by molar-refractivity contribution is 5.65. The molecule has 64 valence electrons. The van der Waals surface area contributed by atoms with Crippen LogP contribution in [0.1, 0.15) is 20.3 Å². The normalized spacial score (nSPS) is 8.91. The summed E-state index contributed by atoms with van der Waals surface area (Å²) < 4.78 is 9.72. The van der Waals surface area contributed by atoms with Gasteiger partial charge in [-0.3, -0.25) is 4.79 Å². The standard InChI is InChI=1S/C8H14O3/c1-4-10-7(2)5-6-11-8(3)9/h2,4-6H2,1,3H3. The van der Waals surface area contributed by atoms with Crippen molar-refractivity contribution in [2.45, 2.75) is 20.3 Å². The molecule has 3 heteroatoms. The van der Waals surface area contributed by atoms with Crippen molar-refractivity contribution in [1.29, 1.82) is 0 Å². The van der Waals surface area contributed by atoms with Crippen LogP contribution in [0.25, 0.3) is 0 Å². The highest BCUT2D eigenvalue weighted by Crippen LogP contribution is 1.99. The number of esters is 1. The summed E-state index contributed by atoms with van der Waals surface area (Å²) in [5, 5.41) is 0.